The molecule has 0 saturated carbocycles. The zero-order chi connectivity index (χ0) is 21.4. The maximum atomic E-state index is 14.4. The highest BCUT2D eigenvalue weighted by molar-refractivity contribution is 6.02. The monoisotopic (exact) mass is 418 g/mol. The molecule has 1 aliphatic rings. The number of nitrogens with zero attached hydrogens (tertiary/aromatic N) is 2. The van der Waals surface area contributed by atoms with Crippen LogP contribution in [0.15, 0.2) is 33.9 Å². The number of carbonyl (C=O) groups is 1. The molecular weight excluding hydrogens is 403 g/mol. The van der Waals surface area contributed by atoms with Crippen molar-refractivity contribution in [2.75, 3.05) is 5.32 Å². The van der Waals surface area contributed by atoms with Crippen molar-refractivity contribution in [3.05, 3.63) is 47.4 Å². The molecule has 0 unspecified atom stereocenters. The van der Waals surface area contributed by atoms with Crippen LogP contribution in [-0.2, 0) is 17.0 Å². The van der Waals surface area contributed by atoms with Crippen molar-refractivity contribution in [3.63, 3.8) is 0 Å². The van der Waals surface area contributed by atoms with Gasteiger partial charge >= 0.3 is 6.18 Å². The minimum absolute atomic E-state index is 0.0469. The van der Waals surface area contributed by atoms with E-state index in [1.54, 1.807) is 0 Å². The first-order chi connectivity index (χ1) is 13.5. The molecule has 156 valence electrons. The van der Waals surface area contributed by atoms with Gasteiger partial charge in [-0.1, -0.05) is 0 Å². The van der Waals surface area contributed by atoms with Crippen molar-refractivity contribution >= 4 is 17.6 Å². The predicted octanol–water partition coefficient (Wildman–Crippen LogP) is 3.42. The number of benzene rings is 1. The molecule has 0 fully saturated rings. The molecule has 2 heterocycles. The molecule has 1 aromatic carbocycles. The fraction of sp³-hybridized carbons (Fsp3) is 0.353. The van der Waals surface area contributed by atoms with Crippen molar-refractivity contribution in [2.24, 2.45) is 10.7 Å². The Hall–Kier alpha value is -3.18. The number of oxazole rings is 1. The number of alkyl halides is 4. The van der Waals surface area contributed by atoms with Gasteiger partial charge in [-0.2, -0.15) is 13.2 Å². The van der Waals surface area contributed by atoms with Gasteiger partial charge in [-0.3, -0.25) is 4.79 Å². The van der Waals surface area contributed by atoms with Crippen LogP contribution in [0.3, 0.4) is 0 Å². The van der Waals surface area contributed by atoms with Gasteiger partial charge in [0, 0.05) is 17.7 Å². The van der Waals surface area contributed by atoms with Crippen molar-refractivity contribution in [1.82, 2.24) is 4.98 Å². The van der Waals surface area contributed by atoms with Gasteiger partial charge in [0.15, 0.2) is 18.4 Å². The van der Waals surface area contributed by atoms with Crippen LogP contribution in [-0.4, -0.2) is 29.1 Å². The quantitative estimate of drug-likeness (QED) is 0.741. The number of hydrogen-bond acceptors (Lipinski definition) is 6. The summed E-state index contributed by atoms with van der Waals surface area (Å²) in [5.74, 6) is -1.94. The predicted molar refractivity (Wildman–Crippen MR) is 90.2 cm³/mol. The Morgan fingerprint density at radius 2 is 2.14 bits per heavy atom. The van der Waals surface area contributed by atoms with Crippen LogP contribution in [0.5, 0.6) is 0 Å². The number of halogens is 5. The topological polar surface area (TPSA) is 103 Å². The summed E-state index contributed by atoms with van der Waals surface area (Å²) < 4.78 is 76.3. The first kappa shape index (κ1) is 20.6. The van der Waals surface area contributed by atoms with E-state index >= 15 is 0 Å². The number of aliphatic imine (C=N–C) groups is 1. The molecule has 0 saturated heterocycles. The lowest BCUT2D eigenvalue weighted by molar-refractivity contribution is -0.164. The average Bonchev–Trinajstić information content (AvgIpc) is 3.11. The number of carbonyl (C=O) groups excluding carboxylic acids is 1. The molecule has 12 heteroatoms. The summed E-state index contributed by atoms with van der Waals surface area (Å²) in [6, 6.07) is 0.372. The van der Waals surface area contributed by atoms with Crippen LogP contribution >= 0.6 is 0 Å². The Kier molecular flexibility index (Phi) is 5.20. The van der Waals surface area contributed by atoms with E-state index in [0.29, 0.717) is 0 Å². The lowest BCUT2D eigenvalue weighted by Gasteiger charge is -2.37. The second-order valence-corrected chi connectivity index (χ2v) is 6.47. The fourth-order valence-corrected chi connectivity index (χ4v) is 2.90. The third-order valence-corrected chi connectivity index (χ3v) is 4.27. The van der Waals surface area contributed by atoms with Crippen LogP contribution in [0.25, 0.3) is 0 Å². The van der Waals surface area contributed by atoms with Crippen molar-refractivity contribution in [1.29, 1.82) is 0 Å². The highest BCUT2D eigenvalue weighted by atomic mass is 19.4. The lowest BCUT2D eigenvalue weighted by atomic mass is 9.87. The maximum absolute atomic E-state index is 14.4. The van der Waals surface area contributed by atoms with E-state index in [2.05, 4.69) is 15.3 Å². The molecule has 3 N–H and O–H groups in total. The molecule has 2 aromatic rings. The summed E-state index contributed by atoms with van der Waals surface area (Å²) in [6.45, 7) is 0.232. The third kappa shape index (κ3) is 4.30. The SMILES string of the molecule is C[C@@]1(c2cc(NC(=O)c3coc(CF)n3)ccc2F)C[C@@H](C(F)(F)F)N=C(N)O1. The Balaban J connectivity index is 1.88. The number of anilines is 1. The van der Waals surface area contributed by atoms with Gasteiger partial charge in [-0.15, -0.1) is 0 Å². The molecule has 1 amide bonds. The number of rotatable bonds is 4. The molecule has 0 spiro atoms. The number of amides is 1. The van der Waals surface area contributed by atoms with E-state index in [4.69, 9.17) is 14.9 Å². The summed E-state index contributed by atoms with van der Waals surface area (Å²) in [6.07, 6.45) is -4.47. The molecule has 1 aliphatic heterocycles. The standard InChI is InChI=1S/C17H15F5N4O3/c1-16(5-12(17(20,21)22)26-15(23)29-16)9-4-8(2-3-10(9)19)24-14(27)11-7-28-13(6-18)25-11/h2-4,7,12H,5-6H2,1H3,(H2,23,26)(H,24,27)/t12-,16-/m0/s1. The van der Waals surface area contributed by atoms with Gasteiger partial charge in [-0.25, -0.2) is 18.8 Å². The van der Waals surface area contributed by atoms with E-state index in [0.717, 1.165) is 18.4 Å². The van der Waals surface area contributed by atoms with Gasteiger partial charge in [0.1, 0.15) is 17.7 Å². The molecule has 1 aromatic heterocycles. The Morgan fingerprint density at radius 1 is 1.41 bits per heavy atom. The van der Waals surface area contributed by atoms with E-state index in [-0.39, 0.29) is 22.8 Å². The number of nitrogens with two attached hydrogens (primary N) is 1. The smallest absolute Gasteiger partial charge is 0.411 e. The largest absolute Gasteiger partial charge is 0.454 e. The second-order valence-electron chi connectivity index (χ2n) is 6.47. The van der Waals surface area contributed by atoms with E-state index in [9.17, 15) is 26.7 Å². The molecule has 0 aliphatic carbocycles. The fourth-order valence-electron chi connectivity index (χ4n) is 2.90. The van der Waals surface area contributed by atoms with Crippen LogP contribution < -0.4 is 11.1 Å². The van der Waals surface area contributed by atoms with Gasteiger partial charge in [0.2, 0.25) is 5.89 Å². The lowest BCUT2D eigenvalue weighted by Crippen LogP contribution is -2.46. The zero-order valence-electron chi connectivity index (χ0n) is 14.9. The maximum Gasteiger partial charge on any atom is 0.411 e. The molecule has 0 bridgehead atoms. The minimum atomic E-state index is -4.70. The molecule has 7 nitrogen and oxygen atoms in total. The average molecular weight is 418 g/mol. The molecule has 0 radical (unpaired) electrons. The highest BCUT2D eigenvalue weighted by Gasteiger charge is 2.49. The third-order valence-electron chi connectivity index (χ3n) is 4.27. The number of amidine groups is 1. The molecule has 2 atom stereocenters. The summed E-state index contributed by atoms with van der Waals surface area (Å²) in [4.78, 5) is 19.0. The van der Waals surface area contributed by atoms with Gasteiger partial charge < -0.3 is 20.2 Å². The van der Waals surface area contributed by atoms with Crippen LogP contribution in [0.1, 0.15) is 35.3 Å². The number of nitrogens with one attached hydrogen (secondary N) is 1. The summed E-state index contributed by atoms with van der Waals surface area (Å²) in [5, 5.41) is 2.38. The van der Waals surface area contributed by atoms with Crippen molar-refractivity contribution < 1.29 is 35.9 Å². The van der Waals surface area contributed by atoms with Crippen molar-refractivity contribution in [2.45, 2.75) is 37.8 Å². The van der Waals surface area contributed by atoms with E-state index in [1.165, 1.54) is 13.0 Å². The highest BCUT2D eigenvalue weighted by Crippen LogP contribution is 2.41. The number of hydrogen-bond donors (Lipinski definition) is 2. The Morgan fingerprint density at radius 3 is 2.76 bits per heavy atom. The zero-order valence-corrected chi connectivity index (χ0v) is 14.9. The van der Waals surface area contributed by atoms with E-state index in [1.807, 2.05) is 0 Å². The first-order valence-corrected chi connectivity index (χ1v) is 8.22. The number of aromatic nitrogens is 1. The molecule has 3 rings (SSSR count). The Labute approximate surface area is 160 Å². The van der Waals surface area contributed by atoms with E-state index < -0.39 is 48.7 Å². The second kappa shape index (κ2) is 7.33. The van der Waals surface area contributed by atoms with Gasteiger partial charge in [0.05, 0.1) is 0 Å². The summed E-state index contributed by atoms with van der Waals surface area (Å²) >= 11 is 0. The van der Waals surface area contributed by atoms with Crippen LogP contribution in [0, 0.1) is 5.82 Å². The molecular formula is C17H15F5N4O3. The number of ether oxygens (including phenoxy) is 1. The molecule has 29 heavy (non-hydrogen) atoms. The minimum Gasteiger partial charge on any atom is -0.454 e. The van der Waals surface area contributed by atoms with Crippen molar-refractivity contribution in [3.8, 4) is 0 Å². The van der Waals surface area contributed by atoms with Gasteiger partial charge in [-0.05, 0) is 25.1 Å². The van der Waals surface area contributed by atoms with Gasteiger partial charge in [0.25, 0.3) is 11.9 Å². The summed E-state index contributed by atoms with van der Waals surface area (Å²) in [7, 11) is 0. The van der Waals surface area contributed by atoms with Crippen LogP contribution in [0.4, 0.5) is 27.6 Å². The summed E-state index contributed by atoms with van der Waals surface area (Å²) in [5.41, 5.74) is 3.16. The van der Waals surface area contributed by atoms with Crippen LogP contribution in [0.2, 0.25) is 0 Å². The normalized spacial score (nSPS) is 22.0. The Bertz CT molecular complexity index is 959. The first-order valence-electron chi connectivity index (χ1n) is 8.22.